The lowest BCUT2D eigenvalue weighted by atomic mass is 9.95. The zero-order chi connectivity index (χ0) is 21.1. The first kappa shape index (κ1) is 20.3. The van der Waals surface area contributed by atoms with Crippen LogP contribution in [0.25, 0.3) is 11.3 Å². The molecule has 0 bridgehead atoms. The van der Waals surface area contributed by atoms with E-state index in [1.807, 2.05) is 17.0 Å². The van der Waals surface area contributed by atoms with Gasteiger partial charge in [-0.05, 0) is 49.2 Å². The van der Waals surface area contributed by atoms with E-state index < -0.39 is 0 Å². The lowest BCUT2D eigenvalue weighted by Gasteiger charge is -2.38. The molecule has 0 radical (unpaired) electrons. The lowest BCUT2D eigenvalue weighted by molar-refractivity contribution is -0.141. The number of piperidine rings is 1. The van der Waals surface area contributed by atoms with Gasteiger partial charge < -0.3 is 14.7 Å². The van der Waals surface area contributed by atoms with Gasteiger partial charge in [-0.3, -0.25) is 9.59 Å². The molecule has 3 heterocycles. The highest BCUT2D eigenvalue weighted by Gasteiger charge is 2.31. The molecule has 2 fully saturated rings. The average molecular weight is 411 g/mol. The minimum Gasteiger partial charge on any atom is -0.355 e. The summed E-state index contributed by atoms with van der Waals surface area (Å²) in [5.41, 5.74) is 1.53. The summed E-state index contributed by atoms with van der Waals surface area (Å²) in [5, 5.41) is 8.62. The molecule has 0 unspecified atom stereocenters. The Bertz CT molecular complexity index is 887. The number of anilines is 1. The number of nitrogens with zero attached hydrogens (tertiary/aromatic N) is 5. The Morgan fingerprint density at radius 1 is 0.867 bits per heavy atom. The molecule has 0 N–H and O–H groups in total. The van der Waals surface area contributed by atoms with Crippen molar-refractivity contribution < 1.29 is 14.0 Å². The van der Waals surface area contributed by atoms with E-state index in [1.165, 1.54) is 12.1 Å². The highest BCUT2D eigenvalue weighted by atomic mass is 19.1. The maximum Gasteiger partial charge on any atom is 0.225 e. The van der Waals surface area contributed by atoms with Crippen molar-refractivity contribution in [2.75, 3.05) is 44.2 Å². The van der Waals surface area contributed by atoms with E-state index in [1.54, 1.807) is 24.0 Å². The first-order valence-corrected chi connectivity index (χ1v) is 10.4. The van der Waals surface area contributed by atoms with Crippen LogP contribution >= 0.6 is 0 Å². The molecule has 0 spiro atoms. The Hall–Kier alpha value is -3.03. The Labute approximate surface area is 175 Å². The molecule has 30 heavy (non-hydrogen) atoms. The predicted molar refractivity (Wildman–Crippen MR) is 111 cm³/mol. The molecular weight excluding hydrogens is 385 g/mol. The van der Waals surface area contributed by atoms with Crippen molar-refractivity contribution in [2.45, 2.75) is 19.8 Å². The summed E-state index contributed by atoms with van der Waals surface area (Å²) in [6.45, 7) is 5.57. The summed E-state index contributed by atoms with van der Waals surface area (Å²) in [4.78, 5) is 30.1. The van der Waals surface area contributed by atoms with Gasteiger partial charge in [-0.15, -0.1) is 10.2 Å². The molecule has 158 valence electrons. The standard InChI is InChI=1S/C22H26FN5O2/c1-16(29)26-12-14-28(15-13-26)22(30)18-8-10-27(11-9-18)21-7-6-20(24-25-21)17-2-4-19(23)5-3-17/h2-7,18H,8-15H2,1H3. The van der Waals surface area contributed by atoms with Crippen LogP contribution in [0.15, 0.2) is 36.4 Å². The predicted octanol–water partition coefficient (Wildman–Crippen LogP) is 2.19. The number of benzene rings is 1. The van der Waals surface area contributed by atoms with Crippen LogP contribution in [0.5, 0.6) is 0 Å². The Kier molecular flexibility index (Phi) is 5.92. The van der Waals surface area contributed by atoms with Crippen LogP contribution in [-0.4, -0.2) is 71.1 Å². The highest BCUT2D eigenvalue weighted by molar-refractivity contribution is 5.80. The molecule has 7 nitrogen and oxygen atoms in total. The number of amides is 2. The third-order valence-corrected chi connectivity index (χ3v) is 6.00. The second kappa shape index (κ2) is 8.77. The van der Waals surface area contributed by atoms with Gasteiger partial charge in [0.2, 0.25) is 11.8 Å². The van der Waals surface area contributed by atoms with Crippen LogP contribution in [0.3, 0.4) is 0 Å². The van der Waals surface area contributed by atoms with Gasteiger partial charge in [0.15, 0.2) is 5.82 Å². The van der Waals surface area contributed by atoms with Crippen molar-refractivity contribution in [1.29, 1.82) is 0 Å². The second-order valence-electron chi connectivity index (χ2n) is 7.88. The smallest absolute Gasteiger partial charge is 0.225 e. The number of carbonyl (C=O) groups is 2. The van der Waals surface area contributed by atoms with Gasteiger partial charge in [0.1, 0.15) is 5.82 Å². The summed E-state index contributed by atoms with van der Waals surface area (Å²) >= 11 is 0. The van der Waals surface area contributed by atoms with Gasteiger partial charge in [0, 0.05) is 57.7 Å². The summed E-state index contributed by atoms with van der Waals surface area (Å²) in [6, 6.07) is 10.0. The normalized spacial score (nSPS) is 17.9. The van der Waals surface area contributed by atoms with E-state index in [9.17, 15) is 14.0 Å². The Morgan fingerprint density at radius 3 is 2.07 bits per heavy atom. The van der Waals surface area contributed by atoms with Crippen LogP contribution < -0.4 is 4.90 Å². The molecule has 2 amide bonds. The topological polar surface area (TPSA) is 69.6 Å². The molecular formula is C22H26FN5O2. The van der Waals surface area contributed by atoms with E-state index in [4.69, 9.17) is 0 Å². The molecule has 0 saturated carbocycles. The van der Waals surface area contributed by atoms with Crippen LogP contribution in [-0.2, 0) is 9.59 Å². The third-order valence-electron chi connectivity index (χ3n) is 6.00. The highest BCUT2D eigenvalue weighted by Crippen LogP contribution is 2.25. The number of rotatable bonds is 3. The molecule has 4 rings (SSSR count). The van der Waals surface area contributed by atoms with Crippen molar-refractivity contribution in [2.24, 2.45) is 5.92 Å². The van der Waals surface area contributed by atoms with Crippen molar-refractivity contribution in [3.8, 4) is 11.3 Å². The van der Waals surface area contributed by atoms with E-state index in [2.05, 4.69) is 15.1 Å². The molecule has 2 aromatic rings. The molecule has 8 heteroatoms. The quantitative estimate of drug-likeness (QED) is 0.775. The van der Waals surface area contributed by atoms with Gasteiger partial charge in [-0.25, -0.2) is 4.39 Å². The number of piperazine rings is 1. The number of halogens is 1. The zero-order valence-electron chi connectivity index (χ0n) is 17.1. The Balaban J connectivity index is 1.30. The fourth-order valence-corrected chi connectivity index (χ4v) is 4.12. The first-order chi connectivity index (χ1) is 14.5. The van der Waals surface area contributed by atoms with Gasteiger partial charge >= 0.3 is 0 Å². The molecule has 0 aliphatic carbocycles. The number of carbonyl (C=O) groups excluding carboxylic acids is 2. The van der Waals surface area contributed by atoms with Crippen LogP contribution in [0.1, 0.15) is 19.8 Å². The molecule has 2 aliphatic heterocycles. The lowest BCUT2D eigenvalue weighted by Crippen LogP contribution is -2.52. The second-order valence-corrected chi connectivity index (χ2v) is 7.88. The summed E-state index contributed by atoms with van der Waals surface area (Å²) in [7, 11) is 0. The molecule has 0 atom stereocenters. The minimum absolute atomic E-state index is 0.0246. The number of hydrogen-bond donors (Lipinski definition) is 0. The van der Waals surface area contributed by atoms with Crippen molar-refractivity contribution in [3.63, 3.8) is 0 Å². The molecule has 2 saturated heterocycles. The molecule has 2 aliphatic rings. The SMILES string of the molecule is CC(=O)N1CCN(C(=O)C2CCN(c3ccc(-c4ccc(F)cc4)nn3)CC2)CC1. The van der Waals surface area contributed by atoms with Crippen molar-refractivity contribution in [1.82, 2.24) is 20.0 Å². The van der Waals surface area contributed by atoms with Gasteiger partial charge in [0.25, 0.3) is 0 Å². The van der Waals surface area contributed by atoms with Crippen molar-refractivity contribution in [3.05, 3.63) is 42.2 Å². The van der Waals surface area contributed by atoms with Crippen LogP contribution in [0, 0.1) is 11.7 Å². The van der Waals surface area contributed by atoms with E-state index in [0.29, 0.717) is 31.9 Å². The monoisotopic (exact) mass is 411 g/mol. The molecule has 1 aromatic heterocycles. The summed E-state index contributed by atoms with van der Waals surface area (Å²) < 4.78 is 13.1. The first-order valence-electron chi connectivity index (χ1n) is 10.4. The van der Waals surface area contributed by atoms with Gasteiger partial charge in [0.05, 0.1) is 5.69 Å². The van der Waals surface area contributed by atoms with Gasteiger partial charge in [-0.2, -0.15) is 0 Å². The van der Waals surface area contributed by atoms with Crippen molar-refractivity contribution >= 4 is 17.6 Å². The minimum atomic E-state index is -0.276. The van der Waals surface area contributed by atoms with Crippen LogP contribution in [0.2, 0.25) is 0 Å². The van der Waals surface area contributed by atoms with Crippen LogP contribution in [0.4, 0.5) is 10.2 Å². The third kappa shape index (κ3) is 4.42. The fraction of sp³-hybridized carbons (Fsp3) is 0.455. The Morgan fingerprint density at radius 2 is 1.50 bits per heavy atom. The van der Waals surface area contributed by atoms with E-state index in [0.717, 1.165) is 37.3 Å². The summed E-state index contributed by atoms with van der Waals surface area (Å²) in [5.74, 6) is 0.817. The molecule has 1 aromatic carbocycles. The average Bonchev–Trinajstić information content (AvgIpc) is 2.79. The maximum absolute atomic E-state index is 13.1. The van der Waals surface area contributed by atoms with Gasteiger partial charge in [-0.1, -0.05) is 0 Å². The summed E-state index contributed by atoms with van der Waals surface area (Å²) in [6.07, 6.45) is 1.57. The van der Waals surface area contributed by atoms with E-state index >= 15 is 0 Å². The largest absolute Gasteiger partial charge is 0.355 e. The number of hydrogen-bond acceptors (Lipinski definition) is 5. The maximum atomic E-state index is 13.1. The van der Waals surface area contributed by atoms with E-state index in [-0.39, 0.29) is 23.5 Å². The number of aromatic nitrogens is 2. The zero-order valence-corrected chi connectivity index (χ0v) is 17.1. The fourth-order valence-electron chi connectivity index (χ4n) is 4.12.